The maximum atomic E-state index is 12.3. The zero-order chi connectivity index (χ0) is 18.5. The molecule has 0 aliphatic carbocycles. The average Bonchev–Trinajstić information content (AvgIpc) is 2.67. The van der Waals surface area contributed by atoms with Gasteiger partial charge >= 0.3 is 0 Å². The van der Waals surface area contributed by atoms with Crippen molar-refractivity contribution in [2.24, 2.45) is 0 Å². The van der Waals surface area contributed by atoms with Crippen molar-refractivity contribution in [1.82, 2.24) is 9.97 Å². The van der Waals surface area contributed by atoms with Crippen LogP contribution in [0.2, 0.25) is 5.02 Å². The summed E-state index contributed by atoms with van der Waals surface area (Å²) in [6.45, 7) is 0. The molecule has 3 aromatic rings. The molecule has 1 heterocycles. The first-order valence-corrected chi connectivity index (χ1v) is 9.03. The molecular weight excluding hydrogens is 370 g/mol. The smallest absolute Gasteiger partial charge is 0.270 e. The van der Waals surface area contributed by atoms with E-state index in [0.717, 1.165) is 5.56 Å². The number of hydrogen-bond donors (Lipinski definition) is 1. The molecule has 0 bridgehead atoms. The Morgan fingerprint density at radius 2 is 2.08 bits per heavy atom. The molecule has 0 aliphatic rings. The van der Waals surface area contributed by atoms with E-state index < -0.39 is 5.56 Å². The van der Waals surface area contributed by atoms with E-state index in [9.17, 15) is 10.1 Å². The molecule has 0 spiro atoms. The number of benzene rings is 2. The van der Waals surface area contributed by atoms with Gasteiger partial charge in [-0.3, -0.25) is 4.79 Å². The first kappa shape index (κ1) is 18.1. The van der Waals surface area contributed by atoms with E-state index in [0.29, 0.717) is 32.9 Å². The van der Waals surface area contributed by atoms with Crippen molar-refractivity contribution < 1.29 is 4.74 Å². The fourth-order valence-corrected chi connectivity index (χ4v) is 3.51. The summed E-state index contributed by atoms with van der Waals surface area (Å²) in [5.41, 5.74) is 1.42. The molecule has 0 fully saturated rings. The first-order chi connectivity index (χ1) is 12.6. The predicted octanol–water partition coefficient (Wildman–Crippen LogP) is 4.26. The van der Waals surface area contributed by atoms with Crippen molar-refractivity contribution >= 4 is 23.4 Å². The molecule has 26 heavy (non-hydrogen) atoms. The fraction of sp³-hybridized carbons (Fsp3) is 0.105. The van der Waals surface area contributed by atoms with Crippen LogP contribution in [0.1, 0.15) is 11.1 Å². The Morgan fingerprint density at radius 3 is 2.81 bits per heavy atom. The molecule has 0 amide bonds. The van der Waals surface area contributed by atoms with Crippen molar-refractivity contribution in [3.8, 4) is 23.1 Å². The molecule has 2 aromatic carbocycles. The van der Waals surface area contributed by atoms with Crippen LogP contribution in [0.4, 0.5) is 0 Å². The minimum Gasteiger partial charge on any atom is -0.497 e. The third-order valence-corrected chi connectivity index (χ3v) is 4.97. The summed E-state index contributed by atoms with van der Waals surface area (Å²) in [6, 6.07) is 16.5. The highest BCUT2D eigenvalue weighted by molar-refractivity contribution is 7.98. The molecule has 0 saturated heterocycles. The van der Waals surface area contributed by atoms with Crippen LogP contribution in [-0.2, 0) is 5.75 Å². The van der Waals surface area contributed by atoms with E-state index in [1.54, 1.807) is 31.4 Å². The van der Waals surface area contributed by atoms with Crippen molar-refractivity contribution in [2.75, 3.05) is 7.11 Å². The first-order valence-electron chi connectivity index (χ1n) is 7.67. The highest BCUT2D eigenvalue weighted by Gasteiger charge is 2.14. The number of nitrogens with zero attached hydrogens (tertiary/aromatic N) is 2. The summed E-state index contributed by atoms with van der Waals surface area (Å²) in [7, 11) is 1.56. The van der Waals surface area contributed by atoms with Gasteiger partial charge in [0.1, 0.15) is 17.4 Å². The van der Waals surface area contributed by atoms with Gasteiger partial charge in [-0.2, -0.15) is 5.26 Å². The van der Waals surface area contributed by atoms with Gasteiger partial charge in [-0.05, 0) is 23.8 Å². The van der Waals surface area contributed by atoms with E-state index >= 15 is 0 Å². The van der Waals surface area contributed by atoms with Gasteiger partial charge in [0.05, 0.1) is 12.8 Å². The zero-order valence-electron chi connectivity index (χ0n) is 13.8. The maximum absolute atomic E-state index is 12.3. The Kier molecular flexibility index (Phi) is 5.61. The van der Waals surface area contributed by atoms with E-state index in [1.807, 2.05) is 30.3 Å². The van der Waals surface area contributed by atoms with E-state index in [4.69, 9.17) is 16.3 Å². The normalized spacial score (nSPS) is 10.3. The number of nitrogens with one attached hydrogen (secondary N) is 1. The summed E-state index contributed by atoms with van der Waals surface area (Å²) in [6.07, 6.45) is 0. The number of rotatable bonds is 5. The summed E-state index contributed by atoms with van der Waals surface area (Å²) in [5, 5.41) is 10.4. The average molecular weight is 384 g/mol. The molecule has 1 N–H and O–H groups in total. The molecule has 5 nitrogen and oxygen atoms in total. The second kappa shape index (κ2) is 8.09. The molecule has 1 aromatic heterocycles. The Labute approximate surface area is 159 Å². The second-order valence-electron chi connectivity index (χ2n) is 5.32. The van der Waals surface area contributed by atoms with Crippen LogP contribution in [-0.4, -0.2) is 17.1 Å². The quantitative estimate of drug-likeness (QED) is 0.526. The third kappa shape index (κ3) is 3.90. The SMILES string of the molecule is COc1cccc(-c2nc(SCc3ccccc3Cl)[nH]c(=O)c2C#N)c1. The summed E-state index contributed by atoms with van der Waals surface area (Å²) >= 11 is 7.52. The van der Waals surface area contributed by atoms with E-state index in [-0.39, 0.29) is 5.56 Å². The number of halogens is 1. The second-order valence-corrected chi connectivity index (χ2v) is 6.69. The van der Waals surface area contributed by atoms with Gasteiger partial charge in [-0.25, -0.2) is 4.98 Å². The lowest BCUT2D eigenvalue weighted by Gasteiger charge is -2.08. The van der Waals surface area contributed by atoms with Crippen LogP contribution >= 0.6 is 23.4 Å². The van der Waals surface area contributed by atoms with Crippen LogP contribution in [0.3, 0.4) is 0 Å². The zero-order valence-corrected chi connectivity index (χ0v) is 15.4. The van der Waals surface area contributed by atoms with Crippen molar-refractivity contribution in [3.63, 3.8) is 0 Å². The number of aromatic nitrogens is 2. The van der Waals surface area contributed by atoms with Gasteiger partial charge in [-0.15, -0.1) is 0 Å². The molecule has 0 atom stereocenters. The van der Waals surface area contributed by atoms with Gasteiger partial charge in [0, 0.05) is 16.3 Å². The van der Waals surface area contributed by atoms with Gasteiger partial charge in [0.25, 0.3) is 5.56 Å². The maximum Gasteiger partial charge on any atom is 0.270 e. The number of thioether (sulfide) groups is 1. The Bertz CT molecular complexity index is 1040. The molecular formula is C19H14ClN3O2S. The van der Waals surface area contributed by atoms with E-state index in [1.165, 1.54) is 11.8 Å². The number of methoxy groups -OCH3 is 1. The largest absolute Gasteiger partial charge is 0.497 e. The molecule has 0 saturated carbocycles. The molecule has 0 aliphatic heterocycles. The predicted molar refractivity (Wildman–Crippen MR) is 103 cm³/mol. The minimum atomic E-state index is -0.470. The summed E-state index contributed by atoms with van der Waals surface area (Å²) in [5.74, 6) is 1.17. The number of ether oxygens (including phenoxy) is 1. The van der Waals surface area contributed by atoms with Crippen LogP contribution in [0.15, 0.2) is 58.5 Å². The number of nitriles is 1. The highest BCUT2D eigenvalue weighted by Crippen LogP contribution is 2.28. The Hall–Kier alpha value is -2.75. The van der Waals surface area contributed by atoms with Gasteiger partial charge < -0.3 is 9.72 Å². The van der Waals surface area contributed by atoms with Crippen LogP contribution in [0.5, 0.6) is 5.75 Å². The lowest BCUT2D eigenvalue weighted by Crippen LogP contribution is -2.14. The molecule has 3 rings (SSSR count). The highest BCUT2D eigenvalue weighted by atomic mass is 35.5. The van der Waals surface area contributed by atoms with Gasteiger partial charge in [0.2, 0.25) is 0 Å². The Morgan fingerprint density at radius 1 is 1.27 bits per heavy atom. The number of H-pyrrole nitrogens is 1. The van der Waals surface area contributed by atoms with Crippen LogP contribution < -0.4 is 10.3 Å². The monoisotopic (exact) mass is 383 g/mol. The Balaban J connectivity index is 1.98. The number of aromatic amines is 1. The van der Waals surface area contributed by atoms with Crippen LogP contribution in [0, 0.1) is 11.3 Å². The third-order valence-electron chi connectivity index (χ3n) is 3.67. The topological polar surface area (TPSA) is 78.8 Å². The van der Waals surface area contributed by atoms with Gasteiger partial charge in [-0.1, -0.05) is 53.7 Å². The van der Waals surface area contributed by atoms with Crippen molar-refractivity contribution in [2.45, 2.75) is 10.9 Å². The molecule has 0 radical (unpaired) electrons. The minimum absolute atomic E-state index is 0.0275. The number of hydrogen-bond acceptors (Lipinski definition) is 5. The lowest BCUT2D eigenvalue weighted by molar-refractivity contribution is 0.415. The standard InChI is InChI=1S/C19H14ClN3O2S/c1-25-14-7-4-6-12(9-14)17-15(10-21)18(24)23-19(22-17)26-11-13-5-2-3-8-16(13)20/h2-9H,11H2,1H3,(H,22,23,24). The van der Waals surface area contributed by atoms with Crippen LogP contribution in [0.25, 0.3) is 11.3 Å². The molecule has 7 heteroatoms. The van der Waals surface area contributed by atoms with Crippen molar-refractivity contribution in [1.29, 1.82) is 5.26 Å². The fourth-order valence-electron chi connectivity index (χ4n) is 2.37. The van der Waals surface area contributed by atoms with E-state index in [2.05, 4.69) is 9.97 Å². The van der Waals surface area contributed by atoms with Crippen molar-refractivity contribution in [3.05, 3.63) is 75.0 Å². The molecule has 130 valence electrons. The lowest BCUT2D eigenvalue weighted by atomic mass is 10.1. The van der Waals surface area contributed by atoms with Gasteiger partial charge in [0.15, 0.2) is 5.16 Å². The summed E-state index contributed by atoms with van der Waals surface area (Å²) < 4.78 is 5.21. The molecule has 0 unspecified atom stereocenters. The summed E-state index contributed by atoms with van der Waals surface area (Å²) in [4.78, 5) is 19.4.